The van der Waals surface area contributed by atoms with Crippen LogP contribution in [0.5, 0.6) is 0 Å². The summed E-state index contributed by atoms with van der Waals surface area (Å²) < 4.78 is 0. The summed E-state index contributed by atoms with van der Waals surface area (Å²) in [7, 11) is 0. The molecule has 2 N–H and O–H groups in total. The van der Waals surface area contributed by atoms with Gasteiger partial charge in [0.1, 0.15) is 0 Å². The highest BCUT2D eigenvalue weighted by Gasteiger charge is 1.87. The minimum atomic E-state index is 0.245. The van der Waals surface area contributed by atoms with Crippen molar-refractivity contribution in [1.29, 1.82) is 0 Å². The molecular weight excluding hydrogens is 98.1 g/mol. The summed E-state index contributed by atoms with van der Waals surface area (Å²) in [6.45, 7) is 2.43. The van der Waals surface area contributed by atoms with Crippen LogP contribution in [0.15, 0.2) is 0 Å². The summed E-state index contributed by atoms with van der Waals surface area (Å²) in [6.07, 6.45) is 0. The van der Waals surface area contributed by atoms with E-state index in [2.05, 4.69) is 23.4 Å². The summed E-state index contributed by atoms with van der Waals surface area (Å²) >= 11 is 3.97. The van der Waals surface area contributed by atoms with E-state index < -0.39 is 0 Å². The zero-order valence-electron chi connectivity index (χ0n) is 3.72. The van der Waals surface area contributed by atoms with Crippen molar-refractivity contribution in [2.45, 2.75) is 12.2 Å². The maximum Gasteiger partial charge on any atom is 0.0792 e. The molecule has 0 bridgehead atoms. The first kappa shape index (κ1) is 6.27. The van der Waals surface area contributed by atoms with Crippen LogP contribution in [0.1, 0.15) is 6.92 Å². The van der Waals surface area contributed by atoms with Gasteiger partial charge in [0.05, 0.1) is 6.61 Å². The molecule has 38 valence electrons. The van der Waals surface area contributed by atoms with Crippen LogP contribution in [-0.2, 0) is 4.84 Å². The Morgan fingerprint density at radius 1 is 2.00 bits per heavy atom. The summed E-state index contributed by atoms with van der Waals surface area (Å²) in [5.74, 6) is 4.68. The molecule has 0 aliphatic carbocycles. The number of nitrogens with two attached hydrogens (primary N) is 1. The van der Waals surface area contributed by atoms with Crippen LogP contribution < -0.4 is 5.90 Å². The Balaban J connectivity index is 2.63. The molecule has 1 atom stereocenters. The Labute approximate surface area is 43.0 Å². The van der Waals surface area contributed by atoms with E-state index in [4.69, 9.17) is 0 Å². The third-order valence-corrected chi connectivity index (χ3v) is 0.486. The van der Waals surface area contributed by atoms with Gasteiger partial charge in [0.2, 0.25) is 0 Å². The molecule has 0 saturated heterocycles. The van der Waals surface area contributed by atoms with Crippen molar-refractivity contribution in [1.82, 2.24) is 0 Å². The fraction of sp³-hybridized carbons (Fsp3) is 1.00. The second-order valence-corrected chi connectivity index (χ2v) is 2.06. The molecule has 0 rings (SSSR count). The van der Waals surface area contributed by atoms with Crippen molar-refractivity contribution in [3.63, 3.8) is 0 Å². The van der Waals surface area contributed by atoms with Crippen molar-refractivity contribution in [3.8, 4) is 0 Å². The van der Waals surface area contributed by atoms with E-state index in [9.17, 15) is 0 Å². The van der Waals surface area contributed by atoms with Gasteiger partial charge in [-0.3, -0.25) is 0 Å². The lowest BCUT2D eigenvalue weighted by Gasteiger charge is -1.96. The van der Waals surface area contributed by atoms with Crippen LogP contribution in [-0.4, -0.2) is 11.9 Å². The van der Waals surface area contributed by atoms with Crippen LogP contribution in [0.2, 0.25) is 0 Å². The van der Waals surface area contributed by atoms with Gasteiger partial charge < -0.3 is 4.84 Å². The minimum absolute atomic E-state index is 0.245. The SMILES string of the molecule is CC(S)CON. The zero-order chi connectivity index (χ0) is 4.99. The van der Waals surface area contributed by atoms with Gasteiger partial charge in [0.25, 0.3) is 0 Å². The number of hydrogen-bond donors (Lipinski definition) is 2. The predicted molar refractivity (Wildman–Crippen MR) is 28.6 cm³/mol. The molecule has 0 radical (unpaired) electrons. The average molecular weight is 107 g/mol. The second-order valence-electron chi connectivity index (χ2n) is 1.18. The summed E-state index contributed by atoms with van der Waals surface area (Å²) in [5.41, 5.74) is 0. The largest absolute Gasteiger partial charge is 0.303 e. The normalized spacial score (nSPS) is 14.5. The lowest BCUT2D eigenvalue weighted by atomic mass is 10.5. The highest BCUT2D eigenvalue weighted by molar-refractivity contribution is 7.80. The number of rotatable bonds is 2. The van der Waals surface area contributed by atoms with E-state index in [-0.39, 0.29) is 5.25 Å². The molecule has 0 aliphatic rings. The molecule has 0 aromatic carbocycles. The zero-order valence-corrected chi connectivity index (χ0v) is 4.61. The third kappa shape index (κ3) is 4.27. The molecule has 0 heterocycles. The highest BCUT2D eigenvalue weighted by Crippen LogP contribution is 1.88. The molecule has 0 saturated carbocycles. The Hall–Kier alpha value is 0.270. The van der Waals surface area contributed by atoms with Crippen molar-refractivity contribution in [3.05, 3.63) is 0 Å². The maximum absolute atomic E-state index is 4.68. The van der Waals surface area contributed by atoms with Gasteiger partial charge in [-0.1, -0.05) is 6.92 Å². The van der Waals surface area contributed by atoms with Crippen molar-refractivity contribution in [2.24, 2.45) is 5.90 Å². The Kier molecular flexibility index (Phi) is 3.62. The van der Waals surface area contributed by atoms with Gasteiger partial charge in [0.15, 0.2) is 0 Å². The van der Waals surface area contributed by atoms with Gasteiger partial charge in [-0.15, -0.1) is 0 Å². The molecular formula is C3H9NOS. The summed E-state index contributed by atoms with van der Waals surface area (Å²) in [4.78, 5) is 4.23. The molecule has 2 nitrogen and oxygen atoms in total. The van der Waals surface area contributed by atoms with Crippen LogP contribution in [0.4, 0.5) is 0 Å². The monoisotopic (exact) mass is 107 g/mol. The number of hydrogen-bond acceptors (Lipinski definition) is 3. The Morgan fingerprint density at radius 2 is 2.50 bits per heavy atom. The number of thiol groups is 1. The van der Waals surface area contributed by atoms with Crippen molar-refractivity contribution >= 4 is 12.6 Å². The molecule has 6 heavy (non-hydrogen) atoms. The standard InChI is InChI=1S/C3H9NOS/c1-3(6)2-5-4/h3,6H,2,4H2,1H3. The second kappa shape index (κ2) is 3.46. The van der Waals surface area contributed by atoms with Gasteiger partial charge in [-0.25, -0.2) is 5.90 Å². The van der Waals surface area contributed by atoms with E-state index in [1.807, 2.05) is 6.92 Å². The lowest BCUT2D eigenvalue weighted by Crippen LogP contribution is -2.08. The highest BCUT2D eigenvalue weighted by atomic mass is 32.1. The van der Waals surface area contributed by atoms with Crippen molar-refractivity contribution < 1.29 is 4.84 Å². The molecule has 0 spiro atoms. The quantitative estimate of drug-likeness (QED) is 0.390. The first-order valence-electron chi connectivity index (χ1n) is 1.77. The lowest BCUT2D eigenvalue weighted by molar-refractivity contribution is 0.142. The molecule has 1 unspecified atom stereocenters. The van der Waals surface area contributed by atoms with E-state index in [0.29, 0.717) is 6.61 Å². The van der Waals surface area contributed by atoms with Crippen LogP contribution >= 0.6 is 12.6 Å². The summed E-state index contributed by atoms with van der Waals surface area (Å²) in [6, 6.07) is 0. The first-order valence-corrected chi connectivity index (χ1v) is 2.28. The topological polar surface area (TPSA) is 35.2 Å². The fourth-order valence-corrected chi connectivity index (χ4v) is 0.225. The van der Waals surface area contributed by atoms with Crippen molar-refractivity contribution in [2.75, 3.05) is 6.61 Å². The van der Waals surface area contributed by atoms with E-state index in [1.165, 1.54) is 0 Å². The maximum atomic E-state index is 4.68. The molecule has 0 aromatic heterocycles. The fourth-order valence-electron chi connectivity index (χ4n) is 0.139. The van der Waals surface area contributed by atoms with Crippen LogP contribution in [0, 0.1) is 0 Å². The van der Waals surface area contributed by atoms with E-state index in [1.54, 1.807) is 0 Å². The van der Waals surface area contributed by atoms with E-state index in [0.717, 1.165) is 0 Å². The third-order valence-electron chi connectivity index (χ3n) is 0.337. The van der Waals surface area contributed by atoms with Crippen LogP contribution in [0.3, 0.4) is 0 Å². The molecule has 0 amide bonds. The molecule has 0 aromatic rings. The Bertz CT molecular complexity index is 32.0. The van der Waals surface area contributed by atoms with E-state index >= 15 is 0 Å². The average Bonchev–Trinajstić information content (AvgIpc) is 1.35. The summed E-state index contributed by atoms with van der Waals surface area (Å²) in [5, 5.41) is 0.245. The van der Waals surface area contributed by atoms with Gasteiger partial charge in [0, 0.05) is 5.25 Å². The molecule has 0 aliphatic heterocycles. The molecule has 0 fully saturated rings. The van der Waals surface area contributed by atoms with Gasteiger partial charge >= 0.3 is 0 Å². The Morgan fingerprint density at radius 3 is 2.50 bits per heavy atom. The smallest absolute Gasteiger partial charge is 0.0792 e. The van der Waals surface area contributed by atoms with Crippen LogP contribution in [0.25, 0.3) is 0 Å². The van der Waals surface area contributed by atoms with Gasteiger partial charge in [-0.05, 0) is 0 Å². The minimum Gasteiger partial charge on any atom is -0.303 e. The predicted octanol–water partition coefficient (Wildman–Crippen LogP) is 0.195. The molecule has 3 heteroatoms. The van der Waals surface area contributed by atoms with Gasteiger partial charge in [-0.2, -0.15) is 12.6 Å². The first-order chi connectivity index (χ1) is 2.77.